The molecule has 0 radical (unpaired) electrons. The number of ether oxygens (including phenoxy) is 2. The van der Waals surface area contributed by atoms with E-state index in [1.54, 1.807) is 6.07 Å². The van der Waals surface area contributed by atoms with Crippen LogP contribution in [0.5, 0.6) is 5.75 Å². The summed E-state index contributed by atoms with van der Waals surface area (Å²) < 4.78 is 24.1. The molecule has 2 N–H and O–H groups in total. The minimum atomic E-state index is -0.643. The number of halogens is 1. The van der Waals surface area contributed by atoms with Crippen LogP contribution in [0.1, 0.15) is 39.1 Å². The van der Waals surface area contributed by atoms with Gasteiger partial charge in [-0.25, -0.2) is 4.39 Å². The summed E-state index contributed by atoms with van der Waals surface area (Å²) in [5.74, 6) is 0.384. The van der Waals surface area contributed by atoms with Crippen LogP contribution in [-0.4, -0.2) is 50.9 Å². The van der Waals surface area contributed by atoms with Gasteiger partial charge in [0.15, 0.2) is 0 Å². The van der Waals surface area contributed by atoms with E-state index in [4.69, 9.17) is 9.47 Å². The van der Waals surface area contributed by atoms with E-state index in [1.807, 2.05) is 6.92 Å². The first-order valence-corrected chi connectivity index (χ1v) is 8.56. The van der Waals surface area contributed by atoms with Gasteiger partial charge in [-0.05, 0) is 12.1 Å². The van der Waals surface area contributed by atoms with Crippen molar-refractivity contribution in [1.29, 1.82) is 0 Å². The Balaban J connectivity index is 1.63. The van der Waals surface area contributed by atoms with Gasteiger partial charge in [0.05, 0.1) is 18.8 Å². The van der Waals surface area contributed by atoms with Gasteiger partial charge in [-0.3, -0.25) is 9.59 Å². The number of carbonyl (C=O) groups excluding carboxylic acids is 2. The van der Waals surface area contributed by atoms with E-state index in [0.717, 1.165) is 0 Å². The van der Waals surface area contributed by atoms with Gasteiger partial charge in [-0.2, -0.15) is 0 Å². The molecule has 1 saturated heterocycles. The van der Waals surface area contributed by atoms with Crippen LogP contribution in [0, 0.1) is 11.8 Å². The van der Waals surface area contributed by atoms with E-state index < -0.39 is 12.8 Å². The van der Waals surface area contributed by atoms with Crippen molar-refractivity contribution >= 4 is 11.8 Å². The van der Waals surface area contributed by atoms with Crippen LogP contribution in [0.4, 0.5) is 4.39 Å². The zero-order valence-electron chi connectivity index (χ0n) is 14.2. The minimum absolute atomic E-state index is 0.144. The molecule has 7 heteroatoms. The van der Waals surface area contributed by atoms with Crippen molar-refractivity contribution in [2.75, 3.05) is 26.9 Å². The standard InChI is InChI=1S/C18H21FN2O4/c1-8-10-3-9(17(22)21-15-12-6-24-7-13(12)15)4-11(18(23)20-2)16(10)25-14(8)5-19/h3-4,8,12-15H,5-7H2,1-2H3,(H,20,23)(H,21,22)/t8-,12-,13+,14+,15+/m0/s1. The van der Waals surface area contributed by atoms with Gasteiger partial charge in [0.25, 0.3) is 11.8 Å². The third-order valence-corrected chi connectivity index (χ3v) is 5.57. The average molecular weight is 348 g/mol. The maximum absolute atomic E-state index is 13.2. The van der Waals surface area contributed by atoms with Crippen LogP contribution < -0.4 is 15.4 Å². The first kappa shape index (κ1) is 16.3. The molecule has 1 aromatic rings. The highest BCUT2D eigenvalue weighted by Crippen LogP contribution is 2.45. The van der Waals surface area contributed by atoms with Crippen LogP contribution in [0.25, 0.3) is 0 Å². The second-order valence-electron chi connectivity index (χ2n) is 6.98. The molecule has 1 aliphatic carbocycles. The molecule has 3 aliphatic rings. The molecule has 0 bridgehead atoms. The molecule has 2 fully saturated rings. The third-order valence-electron chi connectivity index (χ3n) is 5.57. The monoisotopic (exact) mass is 348 g/mol. The second kappa shape index (κ2) is 5.98. The number of carbonyl (C=O) groups is 2. The Morgan fingerprint density at radius 3 is 2.60 bits per heavy atom. The lowest BCUT2D eigenvalue weighted by atomic mass is 9.94. The molecule has 2 heterocycles. The molecule has 0 aromatic heterocycles. The number of rotatable bonds is 4. The lowest BCUT2D eigenvalue weighted by Crippen LogP contribution is -2.30. The summed E-state index contributed by atoms with van der Waals surface area (Å²) >= 11 is 0. The van der Waals surface area contributed by atoms with Crippen molar-refractivity contribution in [3.05, 3.63) is 28.8 Å². The predicted molar refractivity (Wildman–Crippen MR) is 87.7 cm³/mol. The molecule has 0 spiro atoms. The Kier molecular flexibility index (Phi) is 3.91. The first-order chi connectivity index (χ1) is 12.0. The highest BCUT2D eigenvalue weighted by atomic mass is 19.1. The van der Waals surface area contributed by atoms with Crippen LogP contribution in [0.3, 0.4) is 0 Å². The van der Waals surface area contributed by atoms with E-state index in [0.29, 0.717) is 41.9 Å². The zero-order valence-corrected chi connectivity index (χ0v) is 14.2. The Morgan fingerprint density at radius 2 is 1.96 bits per heavy atom. The normalized spacial score (nSPS) is 31.7. The fraction of sp³-hybridized carbons (Fsp3) is 0.556. The quantitative estimate of drug-likeness (QED) is 0.859. The van der Waals surface area contributed by atoms with Crippen LogP contribution in [0.2, 0.25) is 0 Å². The Bertz CT molecular complexity index is 728. The minimum Gasteiger partial charge on any atom is -0.486 e. The van der Waals surface area contributed by atoms with Crippen molar-refractivity contribution in [1.82, 2.24) is 10.6 Å². The number of fused-ring (bicyclic) bond motifs is 2. The maximum Gasteiger partial charge on any atom is 0.254 e. The van der Waals surface area contributed by atoms with Crippen molar-refractivity contribution in [2.24, 2.45) is 11.8 Å². The molecule has 134 valence electrons. The molecule has 5 atom stereocenters. The molecule has 2 aliphatic heterocycles. The molecule has 0 unspecified atom stereocenters. The number of hydrogen-bond acceptors (Lipinski definition) is 4. The summed E-state index contributed by atoms with van der Waals surface area (Å²) in [6, 6.07) is 3.38. The Labute approximate surface area is 145 Å². The van der Waals surface area contributed by atoms with E-state index in [2.05, 4.69) is 10.6 Å². The molecule has 6 nitrogen and oxygen atoms in total. The molecular weight excluding hydrogens is 327 g/mol. The number of amides is 2. The summed E-state index contributed by atoms with van der Waals surface area (Å²) in [6.45, 7) is 2.57. The second-order valence-corrected chi connectivity index (χ2v) is 6.98. The van der Waals surface area contributed by atoms with E-state index in [9.17, 15) is 14.0 Å². The van der Waals surface area contributed by atoms with Gasteiger partial charge in [-0.15, -0.1) is 0 Å². The lowest BCUT2D eigenvalue weighted by Gasteiger charge is -2.12. The smallest absolute Gasteiger partial charge is 0.254 e. The first-order valence-electron chi connectivity index (χ1n) is 8.56. The molecule has 25 heavy (non-hydrogen) atoms. The van der Waals surface area contributed by atoms with Crippen LogP contribution >= 0.6 is 0 Å². The van der Waals surface area contributed by atoms with Crippen LogP contribution in [-0.2, 0) is 4.74 Å². The lowest BCUT2D eigenvalue weighted by molar-refractivity contribution is 0.0929. The number of nitrogens with one attached hydrogen (secondary N) is 2. The van der Waals surface area contributed by atoms with Crippen LogP contribution in [0.15, 0.2) is 12.1 Å². The van der Waals surface area contributed by atoms with Gasteiger partial charge < -0.3 is 20.1 Å². The number of hydrogen-bond donors (Lipinski definition) is 2. The summed E-state index contributed by atoms with van der Waals surface area (Å²) in [5, 5.41) is 5.57. The van der Waals surface area contributed by atoms with E-state index in [-0.39, 0.29) is 29.3 Å². The molecule has 1 aromatic carbocycles. The van der Waals surface area contributed by atoms with Gasteiger partial charge >= 0.3 is 0 Å². The topological polar surface area (TPSA) is 76.7 Å². The number of alkyl halides is 1. The van der Waals surface area contributed by atoms with Gasteiger partial charge in [0, 0.05) is 42.0 Å². The Morgan fingerprint density at radius 1 is 1.24 bits per heavy atom. The third kappa shape index (κ3) is 2.57. The summed E-state index contributed by atoms with van der Waals surface area (Å²) in [6.07, 6.45) is -0.628. The molecule has 1 saturated carbocycles. The van der Waals surface area contributed by atoms with E-state index in [1.165, 1.54) is 13.1 Å². The summed E-state index contributed by atoms with van der Waals surface area (Å²) in [5.41, 5.74) is 1.37. The predicted octanol–water partition coefficient (Wildman–Crippen LogP) is 1.25. The fourth-order valence-electron chi connectivity index (χ4n) is 3.86. The molecule has 2 amide bonds. The molecular formula is C18H21FN2O4. The highest BCUT2D eigenvalue weighted by molar-refractivity contribution is 6.02. The number of benzene rings is 1. The van der Waals surface area contributed by atoms with Crippen molar-refractivity contribution in [3.63, 3.8) is 0 Å². The van der Waals surface area contributed by atoms with Crippen molar-refractivity contribution in [3.8, 4) is 5.75 Å². The van der Waals surface area contributed by atoms with E-state index >= 15 is 0 Å². The maximum atomic E-state index is 13.2. The summed E-state index contributed by atoms with van der Waals surface area (Å²) in [7, 11) is 1.51. The molecule has 4 rings (SSSR count). The van der Waals surface area contributed by atoms with Gasteiger partial charge in [0.1, 0.15) is 18.5 Å². The van der Waals surface area contributed by atoms with Crippen molar-refractivity contribution in [2.45, 2.75) is 25.0 Å². The van der Waals surface area contributed by atoms with Gasteiger partial charge in [-0.1, -0.05) is 6.92 Å². The fourth-order valence-corrected chi connectivity index (χ4v) is 3.86. The largest absolute Gasteiger partial charge is 0.486 e. The van der Waals surface area contributed by atoms with Gasteiger partial charge in [0.2, 0.25) is 0 Å². The Hall–Kier alpha value is -2.15. The average Bonchev–Trinajstić information content (AvgIpc) is 2.98. The van der Waals surface area contributed by atoms with Crippen molar-refractivity contribution < 1.29 is 23.5 Å². The highest BCUT2D eigenvalue weighted by Gasteiger charge is 2.54. The zero-order chi connectivity index (χ0) is 17.7. The SMILES string of the molecule is CNC(=O)c1cc(C(=O)N[C@H]2[C@@H]3COC[C@@H]32)cc2c1O[C@H](CF)[C@H]2C. The summed E-state index contributed by atoms with van der Waals surface area (Å²) in [4.78, 5) is 24.9.